The smallest absolute Gasteiger partial charge is 0.177 e. The van der Waals surface area contributed by atoms with E-state index in [0.29, 0.717) is 18.6 Å². The van der Waals surface area contributed by atoms with Crippen molar-refractivity contribution in [2.75, 3.05) is 20.3 Å². The summed E-state index contributed by atoms with van der Waals surface area (Å²) in [5.74, 6) is 1.54. The van der Waals surface area contributed by atoms with E-state index in [0.717, 1.165) is 42.0 Å². The van der Waals surface area contributed by atoms with Gasteiger partial charge in [0.15, 0.2) is 5.78 Å². The molecule has 0 radical (unpaired) electrons. The SMILES string of the molecule is COc1cc2c(cc1CN[C@H]1CCCN[C@H]1c1ccccc1)C(C)C(=O)CO2. The molecule has 148 valence electrons. The quantitative estimate of drug-likeness (QED) is 0.833. The van der Waals surface area contributed by atoms with Gasteiger partial charge in [-0.3, -0.25) is 4.79 Å². The predicted octanol–water partition coefficient (Wildman–Crippen LogP) is 3.34. The molecule has 2 heterocycles. The van der Waals surface area contributed by atoms with Crippen molar-refractivity contribution in [3.63, 3.8) is 0 Å². The second-order valence-electron chi connectivity index (χ2n) is 7.65. The van der Waals surface area contributed by atoms with Crippen LogP contribution in [0.4, 0.5) is 0 Å². The Morgan fingerprint density at radius 2 is 2.07 bits per heavy atom. The lowest BCUT2D eigenvalue weighted by Gasteiger charge is -2.34. The van der Waals surface area contributed by atoms with Crippen molar-refractivity contribution >= 4 is 5.78 Å². The van der Waals surface area contributed by atoms with E-state index in [-0.39, 0.29) is 18.3 Å². The van der Waals surface area contributed by atoms with Crippen LogP contribution in [0.3, 0.4) is 0 Å². The summed E-state index contributed by atoms with van der Waals surface area (Å²) >= 11 is 0. The molecule has 1 unspecified atom stereocenters. The Kier molecular flexibility index (Phi) is 5.64. The minimum Gasteiger partial charge on any atom is -0.496 e. The van der Waals surface area contributed by atoms with Crippen LogP contribution in [0.5, 0.6) is 11.5 Å². The van der Waals surface area contributed by atoms with E-state index in [9.17, 15) is 4.79 Å². The minimum absolute atomic E-state index is 0.122. The van der Waals surface area contributed by atoms with E-state index in [2.05, 4.69) is 47.0 Å². The van der Waals surface area contributed by atoms with Gasteiger partial charge in [0, 0.05) is 41.7 Å². The number of rotatable bonds is 5. The number of benzene rings is 2. The highest BCUT2D eigenvalue weighted by atomic mass is 16.5. The van der Waals surface area contributed by atoms with Crippen LogP contribution in [0.1, 0.15) is 48.4 Å². The number of piperidine rings is 1. The van der Waals surface area contributed by atoms with Gasteiger partial charge < -0.3 is 20.1 Å². The summed E-state index contributed by atoms with van der Waals surface area (Å²) < 4.78 is 11.2. The largest absolute Gasteiger partial charge is 0.496 e. The fourth-order valence-corrected chi connectivity index (χ4v) is 4.22. The van der Waals surface area contributed by atoms with Crippen molar-refractivity contribution in [2.45, 2.75) is 44.3 Å². The van der Waals surface area contributed by atoms with Gasteiger partial charge in [-0.05, 0) is 31.0 Å². The molecule has 3 atom stereocenters. The Balaban J connectivity index is 1.54. The lowest BCUT2D eigenvalue weighted by atomic mass is 9.91. The van der Waals surface area contributed by atoms with Gasteiger partial charge in [0.1, 0.15) is 18.1 Å². The van der Waals surface area contributed by atoms with Crippen molar-refractivity contribution in [1.29, 1.82) is 0 Å². The third-order valence-corrected chi connectivity index (χ3v) is 5.90. The average molecular weight is 380 g/mol. The van der Waals surface area contributed by atoms with E-state index in [1.807, 2.05) is 13.0 Å². The molecule has 1 fully saturated rings. The molecule has 2 aliphatic rings. The van der Waals surface area contributed by atoms with Crippen molar-refractivity contribution < 1.29 is 14.3 Å². The van der Waals surface area contributed by atoms with E-state index in [4.69, 9.17) is 9.47 Å². The molecule has 0 aromatic heterocycles. The number of hydrogen-bond donors (Lipinski definition) is 2. The second kappa shape index (κ2) is 8.33. The fourth-order valence-electron chi connectivity index (χ4n) is 4.22. The molecule has 0 spiro atoms. The number of methoxy groups -OCH3 is 1. The van der Waals surface area contributed by atoms with Crippen molar-refractivity contribution in [2.24, 2.45) is 0 Å². The Bertz CT molecular complexity index is 837. The number of carbonyl (C=O) groups excluding carboxylic acids is 1. The van der Waals surface area contributed by atoms with E-state index in [1.165, 1.54) is 5.56 Å². The number of nitrogens with one attached hydrogen (secondary N) is 2. The first kappa shape index (κ1) is 19.0. The maximum absolute atomic E-state index is 12.0. The van der Waals surface area contributed by atoms with Gasteiger partial charge in [0.25, 0.3) is 0 Å². The standard InChI is InChI=1S/C23H28N2O3/c1-15-18-11-17(21(27-2)12-22(18)28-14-20(15)26)13-25-19-9-6-10-24-23(19)16-7-4-3-5-8-16/h3-5,7-8,11-12,15,19,23-25H,6,9-10,13-14H2,1-2H3/t15?,19-,23-/m0/s1. The zero-order chi connectivity index (χ0) is 19.5. The van der Waals surface area contributed by atoms with E-state index in [1.54, 1.807) is 7.11 Å². The Hall–Kier alpha value is -2.37. The highest BCUT2D eigenvalue weighted by Crippen LogP contribution is 2.37. The molecular weight excluding hydrogens is 352 g/mol. The van der Waals surface area contributed by atoms with Gasteiger partial charge >= 0.3 is 0 Å². The summed E-state index contributed by atoms with van der Waals surface area (Å²) in [5, 5.41) is 7.38. The van der Waals surface area contributed by atoms with Gasteiger partial charge in [-0.25, -0.2) is 0 Å². The van der Waals surface area contributed by atoms with Crippen molar-refractivity contribution in [1.82, 2.24) is 10.6 Å². The molecule has 0 amide bonds. The number of fused-ring (bicyclic) bond motifs is 1. The Morgan fingerprint density at radius 3 is 2.86 bits per heavy atom. The summed E-state index contributed by atoms with van der Waals surface area (Å²) in [6.07, 6.45) is 2.28. The molecule has 5 nitrogen and oxygen atoms in total. The first-order valence-corrected chi connectivity index (χ1v) is 10.1. The number of carbonyl (C=O) groups is 1. The van der Waals surface area contributed by atoms with Gasteiger partial charge in [0.05, 0.1) is 7.11 Å². The highest BCUT2D eigenvalue weighted by Gasteiger charge is 2.28. The number of hydrogen-bond acceptors (Lipinski definition) is 5. The molecule has 0 saturated carbocycles. The first-order valence-electron chi connectivity index (χ1n) is 10.1. The average Bonchev–Trinajstić information content (AvgIpc) is 2.75. The maximum Gasteiger partial charge on any atom is 0.177 e. The van der Waals surface area contributed by atoms with E-state index < -0.39 is 0 Å². The molecular formula is C23H28N2O3. The first-order chi connectivity index (χ1) is 13.7. The zero-order valence-electron chi connectivity index (χ0n) is 16.5. The van der Waals surface area contributed by atoms with Crippen LogP contribution in [0.2, 0.25) is 0 Å². The van der Waals surface area contributed by atoms with Crippen LogP contribution in [0.15, 0.2) is 42.5 Å². The third-order valence-electron chi connectivity index (χ3n) is 5.90. The summed E-state index contributed by atoms with van der Waals surface area (Å²) in [6.45, 7) is 3.81. The van der Waals surface area contributed by atoms with Crippen molar-refractivity contribution in [3.8, 4) is 11.5 Å². The van der Waals surface area contributed by atoms with Crippen LogP contribution in [0.25, 0.3) is 0 Å². The Labute approximate surface area is 166 Å². The van der Waals surface area contributed by atoms with Gasteiger partial charge in [-0.2, -0.15) is 0 Å². The highest BCUT2D eigenvalue weighted by molar-refractivity contribution is 5.89. The molecule has 0 aliphatic carbocycles. The van der Waals surface area contributed by atoms with E-state index >= 15 is 0 Å². The number of ether oxygens (including phenoxy) is 2. The summed E-state index contributed by atoms with van der Waals surface area (Å²) in [4.78, 5) is 12.0. The van der Waals surface area contributed by atoms with Gasteiger partial charge in [-0.1, -0.05) is 37.3 Å². The van der Waals surface area contributed by atoms with Crippen LogP contribution < -0.4 is 20.1 Å². The van der Waals surface area contributed by atoms with Gasteiger partial charge in [-0.15, -0.1) is 0 Å². The molecule has 4 rings (SSSR count). The minimum atomic E-state index is -0.137. The summed E-state index contributed by atoms with van der Waals surface area (Å²) in [5.41, 5.74) is 3.32. The maximum atomic E-state index is 12.0. The monoisotopic (exact) mass is 380 g/mol. The van der Waals surface area contributed by atoms with Crippen molar-refractivity contribution in [3.05, 3.63) is 59.2 Å². The second-order valence-corrected chi connectivity index (χ2v) is 7.65. The number of Topliss-reactive ketones (excluding diaryl/α,β-unsaturated/α-hetero) is 1. The lowest BCUT2D eigenvalue weighted by molar-refractivity contribution is -0.123. The zero-order valence-corrected chi connectivity index (χ0v) is 16.5. The van der Waals surface area contributed by atoms with Crippen LogP contribution >= 0.6 is 0 Å². The molecule has 2 N–H and O–H groups in total. The molecule has 2 aromatic carbocycles. The molecule has 1 saturated heterocycles. The van der Waals surface area contributed by atoms with Gasteiger partial charge in [0.2, 0.25) is 0 Å². The summed E-state index contributed by atoms with van der Waals surface area (Å²) in [6, 6.07) is 15.2. The molecule has 28 heavy (non-hydrogen) atoms. The fraction of sp³-hybridized carbons (Fsp3) is 0.435. The normalized spacial score (nSPS) is 24.4. The lowest BCUT2D eigenvalue weighted by Crippen LogP contribution is -2.45. The molecule has 2 aliphatic heterocycles. The predicted molar refractivity (Wildman–Crippen MR) is 109 cm³/mol. The number of ketones is 1. The topological polar surface area (TPSA) is 59.6 Å². The van der Waals surface area contributed by atoms with Crippen LogP contribution in [0, 0.1) is 0 Å². The van der Waals surface area contributed by atoms with Crippen LogP contribution in [-0.2, 0) is 11.3 Å². The summed E-state index contributed by atoms with van der Waals surface area (Å²) in [7, 11) is 1.68. The molecule has 2 aromatic rings. The third kappa shape index (κ3) is 3.77. The molecule has 0 bridgehead atoms. The Morgan fingerprint density at radius 1 is 1.25 bits per heavy atom. The molecule has 5 heteroatoms. The van der Waals surface area contributed by atoms with Crippen LogP contribution in [-0.4, -0.2) is 32.1 Å².